The van der Waals surface area contributed by atoms with Crippen LogP contribution in [0, 0.1) is 6.92 Å². The van der Waals surface area contributed by atoms with E-state index in [1.165, 1.54) is 0 Å². The number of aromatic nitrogens is 3. The molecule has 7 nitrogen and oxygen atoms in total. The lowest BCUT2D eigenvalue weighted by atomic mass is 9.87. The molecule has 0 unspecified atom stereocenters. The van der Waals surface area contributed by atoms with Crippen LogP contribution in [0.25, 0.3) is 16.8 Å². The molecule has 0 atom stereocenters. The standard InChI is InChI=1S/C25H30N4O3/c1-18-13-20(14-19-5-3-2-4-6-23(30)24(18)19)22-16-27-29-17-21(15-26-25(22)29)32-12-9-28-7-10-31-11-8-28/h13-17H,2-12H2,1H3. The van der Waals surface area contributed by atoms with E-state index in [0.717, 1.165) is 92.0 Å². The molecule has 0 saturated carbocycles. The molecule has 1 saturated heterocycles. The highest BCUT2D eigenvalue weighted by Gasteiger charge is 2.19. The van der Waals surface area contributed by atoms with Crippen LogP contribution in [0.15, 0.2) is 30.7 Å². The second kappa shape index (κ2) is 9.38. The molecule has 0 amide bonds. The summed E-state index contributed by atoms with van der Waals surface area (Å²) in [6.45, 7) is 7.02. The van der Waals surface area contributed by atoms with Gasteiger partial charge in [0.05, 0.1) is 31.8 Å². The summed E-state index contributed by atoms with van der Waals surface area (Å²) in [5.74, 6) is 0.987. The van der Waals surface area contributed by atoms with Crippen molar-refractivity contribution in [2.75, 3.05) is 39.5 Å². The second-order valence-electron chi connectivity index (χ2n) is 8.73. The summed E-state index contributed by atoms with van der Waals surface area (Å²) in [6, 6.07) is 4.26. The number of fused-ring (bicyclic) bond motifs is 2. The third-order valence-electron chi connectivity index (χ3n) is 6.47. The van der Waals surface area contributed by atoms with Gasteiger partial charge in [0.1, 0.15) is 6.61 Å². The van der Waals surface area contributed by atoms with Gasteiger partial charge in [0.2, 0.25) is 0 Å². The minimum absolute atomic E-state index is 0.278. The van der Waals surface area contributed by atoms with Crippen LogP contribution in [0.3, 0.4) is 0 Å². The van der Waals surface area contributed by atoms with Crippen molar-refractivity contribution in [2.24, 2.45) is 0 Å². The molecular formula is C25H30N4O3. The van der Waals surface area contributed by atoms with Gasteiger partial charge < -0.3 is 9.47 Å². The topological polar surface area (TPSA) is 69.0 Å². The highest BCUT2D eigenvalue weighted by Crippen LogP contribution is 2.31. The fraction of sp³-hybridized carbons (Fsp3) is 0.480. The van der Waals surface area contributed by atoms with Crippen molar-refractivity contribution in [3.63, 3.8) is 0 Å². The Morgan fingerprint density at radius 2 is 1.94 bits per heavy atom. The average Bonchev–Trinajstić information content (AvgIpc) is 3.21. The zero-order valence-corrected chi connectivity index (χ0v) is 18.7. The number of ether oxygens (including phenoxy) is 2. The zero-order valence-electron chi connectivity index (χ0n) is 18.7. The van der Waals surface area contributed by atoms with Gasteiger partial charge >= 0.3 is 0 Å². The maximum Gasteiger partial charge on any atom is 0.163 e. The maximum absolute atomic E-state index is 12.7. The van der Waals surface area contributed by atoms with Crippen LogP contribution in [-0.4, -0.2) is 64.7 Å². The van der Waals surface area contributed by atoms with Crippen molar-refractivity contribution in [3.8, 4) is 16.9 Å². The normalized spacial score (nSPS) is 17.7. The third kappa shape index (κ3) is 4.40. The van der Waals surface area contributed by atoms with Crippen LogP contribution in [0.4, 0.5) is 0 Å². The summed E-state index contributed by atoms with van der Waals surface area (Å²) < 4.78 is 13.1. The average molecular weight is 435 g/mol. The summed E-state index contributed by atoms with van der Waals surface area (Å²) >= 11 is 0. The van der Waals surface area contributed by atoms with Crippen molar-refractivity contribution in [1.29, 1.82) is 0 Å². The smallest absolute Gasteiger partial charge is 0.163 e. The Kier molecular flexibility index (Phi) is 6.19. The van der Waals surface area contributed by atoms with Gasteiger partial charge in [0.25, 0.3) is 0 Å². The Hall–Kier alpha value is -2.77. The zero-order chi connectivity index (χ0) is 21.9. The summed E-state index contributed by atoms with van der Waals surface area (Å²) in [7, 11) is 0. The summed E-state index contributed by atoms with van der Waals surface area (Å²) in [4.78, 5) is 19.7. The van der Waals surface area contributed by atoms with Crippen LogP contribution in [-0.2, 0) is 11.2 Å². The Morgan fingerprint density at radius 1 is 1.09 bits per heavy atom. The number of nitrogens with zero attached hydrogens (tertiary/aromatic N) is 4. The minimum Gasteiger partial charge on any atom is -0.489 e. The monoisotopic (exact) mass is 434 g/mol. The third-order valence-corrected chi connectivity index (χ3v) is 6.47. The van der Waals surface area contributed by atoms with E-state index in [1.54, 1.807) is 10.7 Å². The molecule has 1 fully saturated rings. The summed E-state index contributed by atoms with van der Waals surface area (Å²) in [5.41, 5.74) is 5.97. The van der Waals surface area contributed by atoms with E-state index in [0.29, 0.717) is 18.8 Å². The number of morpholine rings is 1. The summed E-state index contributed by atoms with van der Waals surface area (Å²) in [5, 5.41) is 4.52. The van der Waals surface area contributed by atoms with Gasteiger partial charge in [0.15, 0.2) is 17.2 Å². The molecule has 0 bridgehead atoms. The van der Waals surface area contributed by atoms with Crippen LogP contribution in [0.2, 0.25) is 0 Å². The fourth-order valence-electron chi connectivity index (χ4n) is 4.77. The number of Topliss-reactive ketones (excluding diaryl/α,β-unsaturated/α-hetero) is 1. The van der Waals surface area contributed by atoms with E-state index >= 15 is 0 Å². The van der Waals surface area contributed by atoms with Crippen LogP contribution in [0.1, 0.15) is 47.2 Å². The second-order valence-corrected chi connectivity index (χ2v) is 8.73. The Bertz CT molecular complexity index is 1120. The van der Waals surface area contributed by atoms with E-state index in [1.807, 2.05) is 19.3 Å². The lowest BCUT2D eigenvalue weighted by Crippen LogP contribution is -2.38. The largest absolute Gasteiger partial charge is 0.489 e. The molecule has 3 heterocycles. The summed E-state index contributed by atoms with van der Waals surface area (Å²) in [6.07, 6.45) is 10.3. The Morgan fingerprint density at radius 3 is 2.81 bits per heavy atom. The van der Waals surface area contributed by atoms with Gasteiger partial charge in [-0.3, -0.25) is 9.69 Å². The molecule has 5 rings (SSSR count). The number of carbonyl (C=O) groups is 1. The molecule has 168 valence electrons. The number of benzene rings is 1. The van der Waals surface area contributed by atoms with E-state index in [9.17, 15) is 4.79 Å². The minimum atomic E-state index is 0.278. The maximum atomic E-state index is 12.7. The number of carbonyl (C=O) groups excluding carboxylic acids is 1. The first-order valence-electron chi connectivity index (χ1n) is 11.6. The van der Waals surface area contributed by atoms with Crippen LogP contribution >= 0.6 is 0 Å². The first kappa shape index (κ1) is 21.1. The van der Waals surface area contributed by atoms with Crippen molar-refractivity contribution < 1.29 is 14.3 Å². The van der Waals surface area contributed by atoms with Crippen molar-refractivity contribution in [1.82, 2.24) is 19.5 Å². The van der Waals surface area contributed by atoms with Gasteiger partial charge in [0, 0.05) is 37.2 Å². The number of hydrogen-bond acceptors (Lipinski definition) is 6. The van der Waals surface area contributed by atoms with Gasteiger partial charge in [-0.2, -0.15) is 5.10 Å². The number of hydrogen-bond donors (Lipinski definition) is 0. The molecule has 3 aromatic rings. The molecule has 0 spiro atoms. The SMILES string of the molecule is Cc1cc(-c2cnn3cc(OCCN4CCOCC4)cnc23)cc2c1C(=O)CCCCC2. The molecule has 2 aromatic heterocycles. The highest BCUT2D eigenvalue weighted by atomic mass is 16.5. The van der Waals surface area contributed by atoms with E-state index in [4.69, 9.17) is 9.47 Å². The first-order chi connectivity index (χ1) is 15.7. The number of ketones is 1. The van der Waals surface area contributed by atoms with Gasteiger partial charge in [-0.1, -0.05) is 18.6 Å². The molecule has 7 heteroatoms. The van der Waals surface area contributed by atoms with Gasteiger partial charge in [-0.05, 0) is 42.9 Å². The van der Waals surface area contributed by atoms with Gasteiger partial charge in [-0.15, -0.1) is 0 Å². The fourth-order valence-corrected chi connectivity index (χ4v) is 4.77. The lowest BCUT2D eigenvalue weighted by Gasteiger charge is -2.26. The van der Waals surface area contributed by atoms with Crippen LogP contribution < -0.4 is 4.74 Å². The molecule has 1 aliphatic heterocycles. The number of rotatable bonds is 5. The van der Waals surface area contributed by atoms with E-state index in [-0.39, 0.29) is 5.78 Å². The van der Waals surface area contributed by atoms with Gasteiger partial charge in [-0.25, -0.2) is 9.50 Å². The van der Waals surface area contributed by atoms with E-state index in [2.05, 4.69) is 27.1 Å². The number of aryl methyl sites for hydroxylation is 2. The molecule has 2 aliphatic rings. The molecule has 32 heavy (non-hydrogen) atoms. The lowest BCUT2D eigenvalue weighted by molar-refractivity contribution is 0.0322. The van der Waals surface area contributed by atoms with Crippen molar-refractivity contribution >= 4 is 11.4 Å². The quantitative estimate of drug-likeness (QED) is 0.610. The molecule has 0 N–H and O–H groups in total. The van der Waals surface area contributed by atoms with Crippen molar-refractivity contribution in [3.05, 3.63) is 47.4 Å². The predicted octanol–water partition coefficient (Wildman–Crippen LogP) is 3.71. The first-order valence-corrected chi connectivity index (χ1v) is 11.6. The van der Waals surface area contributed by atoms with Crippen LogP contribution in [0.5, 0.6) is 5.75 Å². The predicted molar refractivity (Wildman–Crippen MR) is 122 cm³/mol. The highest BCUT2D eigenvalue weighted by molar-refractivity contribution is 6.00. The molecule has 0 radical (unpaired) electrons. The Labute approximate surface area is 188 Å². The van der Waals surface area contributed by atoms with E-state index < -0.39 is 0 Å². The van der Waals surface area contributed by atoms with Crippen molar-refractivity contribution in [2.45, 2.75) is 39.0 Å². The molecular weight excluding hydrogens is 404 g/mol. The Balaban J connectivity index is 1.36. The molecule has 1 aromatic carbocycles. The molecule has 1 aliphatic carbocycles.